The van der Waals surface area contributed by atoms with Gasteiger partial charge in [0, 0.05) is 45.4 Å². The summed E-state index contributed by atoms with van der Waals surface area (Å²) < 4.78 is 32.7. The highest BCUT2D eigenvalue weighted by atomic mass is 32.2. The lowest BCUT2D eigenvalue weighted by Gasteiger charge is -2.34. The van der Waals surface area contributed by atoms with E-state index in [0.717, 1.165) is 24.0 Å². The minimum Gasteiger partial charge on any atom is -0.340 e. The minimum atomic E-state index is -3.55. The molecule has 1 aliphatic rings. The monoisotopic (exact) mass is 434 g/mol. The van der Waals surface area contributed by atoms with Crippen molar-refractivity contribution in [1.29, 1.82) is 0 Å². The second kappa shape index (κ2) is 9.70. The third kappa shape index (κ3) is 5.26. The molecule has 0 spiro atoms. The zero-order valence-electron chi connectivity index (χ0n) is 17.9. The first kappa shape index (κ1) is 22.4. The molecule has 0 bridgehead atoms. The maximum absolute atomic E-state index is 13.0. The Bertz CT molecular complexity index is 979. The highest BCUT2D eigenvalue weighted by Gasteiger charge is 2.31. The summed E-state index contributed by atoms with van der Waals surface area (Å²) in [4.78, 5) is 18.9. The number of carbonyl (C=O) groups is 1. The summed E-state index contributed by atoms with van der Waals surface area (Å²) in [6.07, 6.45) is 3.34. The summed E-state index contributed by atoms with van der Waals surface area (Å²) in [5.74, 6) is 1.31. The van der Waals surface area contributed by atoms with Gasteiger partial charge in [-0.2, -0.15) is 9.29 Å². The Balaban J connectivity index is 1.49. The topological polar surface area (TPSA) is 96.6 Å². The predicted octanol–water partition coefficient (Wildman–Crippen LogP) is 2.49. The van der Waals surface area contributed by atoms with Crippen LogP contribution in [0, 0.1) is 13.8 Å². The van der Waals surface area contributed by atoms with Gasteiger partial charge in [-0.1, -0.05) is 24.2 Å². The van der Waals surface area contributed by atoms with E-state index in [0.29, 0.717) is 62.1 Å². The number of aryl methyl sites for hydroxylation is 4. The normalized spacial score (nSPS) is 15.5. The van der Waals surface area contributed by atoms with E-state index in [9.17, 15) is 13.2 Å². The Morgan fingerprint density at radius 1 is 1.13 bits per heavy atom. The molecule has 0 N–H and O–H groups in total. The number of piperazine rings is 1. The molecule has 1 amide bonds. The van der Waals surface area contributed by atoms with Crippen LogP contribution in [0.2, 0.25) is 0 Å². The molecule has 1 aliphatic heterocycles. The van der Waals surface area contributed by atoms with E-state index in [2.05, 4.69) is 17.1 Å². The van der Waals surface area contributed by atoms with Gasteiger partial charge in [0.1, 0.15) is 0 Å². The number of nitrogens with zero attached hydrogens (tertiary/aromatic N) is 4. The van der Waals surface area contributed by atoms with Crippen molar-refractivity contribution < 1.29 is 17.7 Å². The van der Waals surface area contributed by atoms with Crippen molar-refractivity contribution in [2.24, 2.45) is 0 Å². The van der Waals surface area contributed by atoms with Gasteiger partial charge in [-0.3, -0.25) is 4.79 Å². The van der Waals surface area contributed by atoms with Gasteiger partial charge >= 0.3 is 0 Å². The van der Waals surface area contributed by atoms with Crippen molar-refractivity contribution in [3.05, 3.63) is 41.0 Å². The number of hydrogen-bond acceptors (Lipinski definition) is 6. The zero-order valence-corrected chi connectivity index (χ0v) is 18.7. The second-order valence-electron chi connectivity index (χ2n) is 7.76. The maximum atomic E-state index is 13.0. The van der Waals surface area contributed by atoms with Crippen molar-refractivity contribution in [3.8, 4) is 0 Å². The lowest BCUT2D eigenvalue weighted by Crippen LogP contribution is -2.50. The van der Waals surface area contributed by atoms with E-state index in [1.165, 1.54) is 4.31 Å². The maximum Gasteiger partial charge on any atom is 0.243 e. The molecule has 0 saturated carbocycles. The van der Waals surface area contributed by atoms with Gasteiger partial charge in [0.05, 0.1) is 4.90 Å². The molecule has 0 radical (unpaired) electrons. The van der Waals surface area contributed by atoms with Crippen LogP contribution in [-0.4, -0.2) is 59.8 Å². The van der Waals surface area contributed by atoms with Crippen LogP contribution in [0.4, 0.5) is 0 Å². The molecule has 1 saturated heterocycles. The molecule has 2 aromatic rings. The van der Waals surface area contributed by atoms with E-state index in [-0.39, 0.29) is 5.91 Å². The zero-order chi connectivity index (χ0) is 21.7. The Morgan fingerprint density at radius 3 is 2.57 bits per heavy atom. The molecule has 8 nitrogen and oxygen atoms in total. The summed E-state index contributed by atoms with van der Waals surface area (Å²) in [6.45, 7) is 7.18. The molecule has 0 aliphatic carbocycles. The molecule has 9 heteroatoms. The highest BCUT2D eigenvalue weighted by molar-refractivity contribution is 7.89. The van der Waals surface area contributed by atoms with Gasteiger partial charge in [0.15, 0.2) is 5.82 Å². The van der Waals surface area contributed by atoms with Crippen molar-refractivity contribution in [3.63, 3.8) is 0 Å². The van der Waals surface area contributed by atoms with Gasteiger partial charge in [-0.05, 0) is 43.9 Å². The van der Waals surface area contributed by atoms with Crippen LogP contribution >= 0.6 is 0 Å². The van der Waals surface area contributed by atoms with E-state index >= 15 is 0 Å². The van der Waals surface area contributed by atoms with Crippen LogP contribution in [0.3, 0.4) is 0 Å². The largest absolute Gasteiger partial charge is 0.340 e. The third-order valence-corrected chi connectivity index (χ3v) is 7.36. The highest BCUT2D eigenvalue weighted by Crippen LogP contribution is 2.22. The molecule has 0 atom stereocenters. The molecular formula is C21H30N4O4S. The number of amides is 1. The average molecular weight is 435 g/mol. The number of aromatic nitrogens is 2. The predicted molar refractivity (Wildman–Crippen MR) is 112 cm³/mol. The fraction of sp³-hybridized carbons (Fsp3) is 0.571. The molecule has 1 aromatic heterocycles. The number of hydrogen-bond donors (Lipinski definition) is 0. The number of sulfonamides is 1. The van der Waals surface area contributed by atoms with Crippen LogP contribution in [0.25, 0.3) is 0 Å². The molecule has 3 rings (SSSR count). The standard InChI is InChI=1S/C21H30N4O4S/c1-4-6-19-22-20(29-23-19)7-5-8-21(26)24-11-13-25(14-12-24)30(27,28)18-15-16(2)9-10-17(18)3/h9-10,15H,4-8,11-14H2,1-3H3. The van der Waals surface area contributed by atoms with Gasteiger partial charge in [0.2, 0.25) is 21.8 Å². The summed E-state index contributed by atoms with van der Waals surface area (Å²) in [5.41, 5.74) is 1.65. The number of carbonyl (C=O) groups excluding carboxylic acids is 1. The fourth-order valence-electron chi connectivity index (χ4n) is 3.57. The summed E-state index contributed by atoms with van der Waals surface area (Å²) in [7, 11) is -3.55. The Labute approximate surface area is 178 Å². The number of rotatable bonds is 8. The average Bonchev–Trinajstić information content (AvgIpc) is 3.17. The SMILES string of the molecule is CCCc1noc(CCCC(=O)N2CCN(S(=O)(=O)c3cc(C)ccc3C)CC2)n1. The van der Waals surface area contributed by atoms with Gasteiger partial charge in [-0.25, -0.2) is 8.42 Å². The van der Waals surface area contributed by atoms with Gasteiger partial charge in [0.25, 0.3) is 0 Å². The van der Waals surface area contributed by atoms with E-state index in [1.807, 2.05) is 19.1 Å². The van der Waals surface area contributed by atoms with Crippen LogP contribution in [0.15, 0.2) is 27.6 Å². The first-order chi connectivity index (χ1) is 14.3. The van der Waals surface area contributed by atoms with Crippen molar-refractivity contribution in [2.45, 2.75) is 57.8 Å². The second-order valence-corrected chi connectivity index (χ2v) is 9.67. The third-order valence-electron chi connectivity index (χ3n) is 5.32. The Kier molecular flexibility index (Phi) is 7.25. The summed E-state index contributed by atoms with van der Waals surface area (Å²) >= 11 is 0. The van der Waals surface area contributed by atoms with E-state index in [4.69, 9.17) is 4.52 Å². The molecule has 164 valence electrons. The molecule has 0 unspecified atom stereocenters. The lowest BCUT2D eigenvalue weighted by molar-refractivity contribution is -0.132. The Morgan fingerprint density at radius 2 is 1.87 bits per heavy atom. The molecule has 2 heterocycles. The van der Waals surface area contributed by atoms with Crippen LogP contribution < -0.4 is 0 Å². The smallest absolute Gasteiger partial charge is 0.243 e. The quantitative estimate of drug-likeness (QED) is 0.633. The first-order valence-electron chi connectivity index (χ1n) is 10.5. The van der Waals surface area contributed by atoms with E-state index < -0.39 is 10.0 Å². The fourth-order valence-corrected chi connectivity index (χ4v) is 5.30. The lowest BCUT2D eigenvalue weighted by atomic mass is 10.2. The van der Waals surface area contributed by atoms with E-state index in [1.54, 1.807) is 17.9 Å². The molecule has 1 aromatic carbocycles. The van der Waals surface area contributed by atoms with Crippen LogP contribution in [0.5, 0.6) is 0 Å². The van der Waals surface area contributed by atoms with Crippen LogP contribution in [0.1, 0.15) is 49.0 Å². The summed E-state index contributed by atoms with van der Waals surface area (Å²) in [6, 6.07) is 5.45. The molecule has 1 fully saturated rings. The minimum absolute atomic E-state index is 0.0343. The van der Waals surface area contributed by atoms with Gasteiger partial charge in [-0.15, -0.1) is 0 Å². The van der Waals surface area contributed by atoms with Gasteiger partial charge < -0.3 is 9.42 Å². The summed E-state index contributed by atoms with van der Waals surface area (Å²) in [5, 5.41) is 3.92. The number of benzene rings is 1. The Hall–Kier alpha value is -2.26. The first-order valence-corrected chi connectivity index (χ1v) is 11.9. The van der Waals surface area contributed by atoms with Crippen LogP contribution in [-0.2, 0) is 27.7 Å². The van der Waals surface area contributed by atoms with Crippen molar-refractivity contribution >= 4 is 15.9 Å². The van der Waals surface area contributed by atoms with Crippen molar-refractivity contribution in [1.82, 2.24) is 19.3 Å². The van der Waals surface area contributed by atoms with Crippen molar-refractivity contribution in [2.75, 3.05) is 26.2 Å². The molecular weight excluding hydrogens is 404 g/mol. The molecule has 30 heavy (non-hydrogen) atoms.